The van der Waals surface area contributed by atoms with Crippen LogP contribution in [0.25, 0.3) is 0 Å². The van der Waals surface area contributed by atoms with Gasteiger partial charge < -0.3 is 14.8 Å². The van der Waals surface area contributed by atoms with E-state index < -0.39 is 0 Å². The number of benzene rings is 2. The Balaban J connectivity index is 1.71. The molecule has 1 fully saturated rings. The van der Waals surface area contributed by atoms with Gasteiger partial charge in [-0.25, -0.2) is 9.79 Å². The van der Waals surface area contributed by atoms with E-state index in [1.165, 1.54) is 0 Å². The molecule has 1 unspecified atom stereocenters. The van der Waals surface area contributed by atoms with Crippen molar-refractivity contribution in [3.63, 3.8) is 0 Å². The molecule has 0 aliphatic carbocycles. The summed E-state index contributed by atoms with van der Waals surface area (Å²) in [4.78, 5) is 28.9. The molecule has 1 aliphatic rings. The predicted molar refractivity (Wildman–Crippen MR) is 116 cm³/mol. The average molecular weight is 430 g/mol. The van der Waals surface area contributed by atoms with Crippen LogP contribution in [-0.2, 0) is 9.47 Å². The lowest BCUT2D eigenvalue weighted by Gasteiger charge is -2.14. The van der Waals surface area contributed by atoms with E-state index in [0.717, 1.165) is 19.4 Å². The van der Waals surface area contributed by atoms with Crippen LogP contribution >= 0.6 is 11.6 Å². The molecular formula is C22H24ClN3O4. The minimum absolute atomic E-state index is 0.0421. The Kier molecular flexibility index (Phi) is 7.82. The lowest BCUT2D eigenvalue weighted by Crippen LogP contribution is -2.36. The average Bonchev–Trinajstić information content (AvgIpc) is 3.27. The molecule has 1 aliphatic heterocycles. The summed E-state index contributed by atoms with van der Waals surface area (Å²) >= 11 is 5.89. The van der Waals surface area contributed by atoms with Crippen LogP contribution in [0, 0.1) is 0 Å². The molecule has 2 aromatic carbocycles. The molecule has 0 spiro atoms. The zero-order chi connectivity index (χ0) is 21.3. The summed E-state index contributed by atoms with van der Waals surface area (Å²) in [6.45, 7) is 3.24. The Morgan fingerprint density at radius 1 is 1.13 bits per heavy atom. The highest BCUT2D eigenvalue weighted by Gasteiger charge is 2.16. The summed E-state index contributed by atoms with van der Waals surface area (Å²) in [6, 6.07) is 13.3. The fraction of sp³-hybridized carbons (Fsp3) is 0.318. The highest BCUT2D eigenvalue weighted by molar-refractivity contribution is 6.30. The van der Waals surface area contributed by atoms with E-state index in [2.05, 4.69) is 15.6 Å². The first kappa shape index (κ1) is 21.8. The monoisotopic (exact) mass is 429 g/mol. The molecule has 0 aromatic heterocycles. The van der Waals surface area contributed by atoms with Gasteiger partial charge in [-0.2, -0.15) is 0 Å². The largest absolute Gasteiger partial charge is 0.462 e. The van der Waals surface area contributed by atoms with E-state index in [1.54, 1.807) is 55.5 Å². The van der Waals surface area contributed by atoms with Gasteiger partial charge in [-0.3, -0.25) is 10.1 Å². The maximum atomic E-state index is 12.6. The molecule has 7 nitrogen and oxygen atoms in total. The number of halogens is 1. The second-order valence-electron chi connectivity index (χ2n) is 6.71. The summed E-state index contributed by atoms with van der Waals surface area (Å²) in [6.07, 6.45) is 1.99. The third-order valence-corrected chi connectivity index (χ3v) is 4.73. The standard InChI is InChI=1S/C22H24ClN3O4/c1-2-29-21(28)16-7-11-18(12-8-16)25-22(24-14-19-4-3-13-30-19)26-20(27)15-5-9-17(23)10-6-15/h5-12,19H,2-4,13-14H2,1H3,(H2,24,25,26,27). The smallest absolute Gasteiger partial charge is 0.338 e. The Bertz CT molecular complexity index is 892. The molecule has 2 N–H and O–H groups in total. The summed E-state index contributed by atoms with van der Waals surface area (Å²) in [5.41, 5.74) is 1.58. The Hall–Kier alpha value is -2.90. The Morgan fingerprint density at radius 3 is 2.47 bits per heavy atom. The van der Waals surface area contributed by atoms with Gasteiger partial charge in [-0.05, 0) is 68.3 Å². The molecule has 8 heteroatoms. The van der Waals surface area contributed by atoms with Gasteiger partial charge in [-0.15, -0.1) is 0 Å². The van der Waals surface area contributed by atoms with E-state index >= 15 is 0 Å². The van der Waals surface area contributed by atoms with Crippen LogP contribution in [0.4, 0.5) is 5.69 Å². The summed E-state index contributed by atoms with van der Waals surface area (Å²) < 4.78 is 10.6. The second-order valence-corrected chi connectivity index (χ2v) is 7.14. The van der Waals surface area contributed by atoms with Gasteiger partial charge in [0.15, 0.2) is 0 Å². The number of carbonyl (C=O) groups excluding carboxylic acids is 2. The maximum absolute atomic E-state index is 12.6. The summed E-state index contributed by atoms with van der Waals surface area (Å²) in [5, 5.41) is 6.44. The van der Waals surface area contributed by atoms with E-state index in [0.29, 0.717) is 40.9 Å². The van der Waals surface area contributed by atoms with E-state index in [-0.39, 0.29) is 18.0 Å². The topological polar surface area (TPSA) is 89.0 Å². The van der Waals surface area contributed by atoms with Gasteiger partial charge in [0.2, 0.25) is 5.96 Å². The predicted octanol–water partition coefficient (Wildman–Crippen LogP) is 3.89. The normalized spacial score (nSPS) is 16.2. The molecule has 0 radical (unpaired) electrons. The molecule has 3 rings (SSSR count). The molecule has 2 aromatic rings. The summed E-state index contributed by atoms with van der Waals surface area (Å²) in [5.74, 6) is -0.393. The number of carbonyl (C=O) groups is 2. The number of ether oxygens (including phenoxy) is 2. The molecule has 1 amide bonds. The van der Waals surface area contributed by atoms with Crippen molar-refractivity contribution in [3.05, 3.63) is 64.7 Å². The van der Waals surface area contributed by atoms with E-state index in [9.17, 15) is 9.59 Å². The van der Waals surface area contributed by atoms with Crippen molar-refractivity contribution in [1.29, 1.82) is 0 Å². The fourth-order valence-electron chi connectivity index (χ4n) is 2.91. The van der Waals surface area contributed by atoms with Crippen molar-refractivity contribution in [3.8, 4) is 0 Å². The second kappa shape index (κ2) is 10.8. The number of aliphatic imine (C=N–C) groups is 1. The maximum Gasteiger partial charge on any atom is 0.338 e. The van der Waals surface area contributed by atoms with Crippen LogP contribution in [0.5, 0.6) is 0 Å². The van der Waals surface area contributed by atoms with Crippen molar-refractivity contribution >= 4 is 35.1 Å². The van der Waals surface area contributed by atoms with Crippen molar-refractivity contribution in [2.45, 2.75) is 25.9 Å². The lowest BCUT2D eigenvalue weighted by molar-refractivity contribution is 0.0526. The number of guanidine groups is 1. The SMILES string of the molecule is CCOC(=O)c1ccc(NC(=NCC2CCCO2)NC(=O)c2ccc(Cl)cc2)cc1. The number of anilines is 1. The van der Waals surface area contributed by atoms with Gasteiger partial charge in [0, 0.05) is 22.9 Å². The van der Waals surface area contributed by atoms with E-state index in [1.807, 2.05) is 0 Å². The Morgan fingerprint density at radius 2 is 1.83 bits per heavy atom. The number of nitrogens with zero attached hydrogens (tertiary/aromatic N) is 1. The van der Waals surface area contributed by atoms with Crippen LogP contribution in [0.15, 0.2) is 53.5 Å². The zero-order valence-corrected chi connectivity index (χ0v) is 17.4. The minimum Gasteiger partial charge on any atom is -0.462 e. The fourth-order valence-corrected chi connectivity index (χ4v) is 3.04. The van der Waals surface area contributed by atoms with Crippen molar-refractivity contribution < 1.29 is 19.1 Å². The number of rotatable bonds is 6. The van der Waals surface area contributed by atoms with Crippen molar-refractivity contribution in [2.75, 3.05) is 25.1 Å². The number of hydrogen-bond acceptors (Lipinski definition) is 5. The van der Waals surface area contributed by atoms with Crippen molar-refractivity contribution in [1.82, 2.24) is 5.32 Å². The van der Waals surface area contributed by atoms with Gasteiger partial charge >= 0.3 is 5.97 Å². The molecule has 30 heavy (non-hydrogen) atoms. The highest BCUT2D eigenvalue weighted by Crippen LogP contribution is 2.14. The van der Waals surface area contributed by atoms with Gasteiger partial charge in [0.1, 0.15) is 0 Å². The molecule has 0 saturated carbocycles. The first-order chi connectivity index (χ1) is 14.5. The Labute approximate surface area is 180 Å². The first-order valence-corrected chi connectivity index (χ1v) is 10.2. The number of hydrogen-bond donors (Lipinski definition) is 2. The van der Waals surface area contributed by atoms with Crippen LogP contribution < -0.4 is 10.6 Å². The van der Waals surface area contributed by atoms with Gasteiger partial charge in [-0.1, -0.05) is 11.6 Å². The quantitative estimate of drug-likeness (QED) is 0.413. The minimum atomic E-state index is -0.382. The van der Waals surface area contributed by atoms with Crippen LogP contribution in [0.1, 0.15) is 40.5 Å². The molecule has 1 atom stereocenters. The van der Waals surface area contributed by atoms with Gasteiger partial charge in [0.05, 0.1) is 24.8 Å². The van der Waals surface area contributed by atoms with Crippen molar-refractivity contribution in [2.24, 2.45) is 4.99 Å². The van der Waals surface area contributed by atoms with Crippen LogP contribution in [-0.4, -0.2) is 43.7 Å². The highest BCUT2D eigenvalue weighted by atomic mass is 35.5. The third kappa shape index (κ3) is 6.30. The first-order valence-electron chi connectivity index (χ1n) is 9.82. The molecule has 1 saturated heterocycles. The molecular weight excluding hydrogens is 406 g/mol. The molecule has 1 heterocycles. The number of amides is 1. The molecule has 158 valence electrons. The lowest BCUT2D eigenvalue weighted by atomic mass is 10.2. The third-order valence-electron chi connectivity index (χ3n) is 4.47. The van der Waals surface area contributed by atoms with Gasteiger partial charge in [0.25, 0.3) is 5.91 Å². The van der Waals surface area contributed by atoms with E-state index in [4.69, 9.17) is 21.1 Å². The van der Waals surface area contributed by atoms with Crippen LogP contribution in [0.2, 0.25) is 5.02 Å². The number of esters is 1. The molecule has 0 bridgehead atoms. The zero-order valence-electron chi connectivity index (χ0n) is 16.7. The summed E-state index contributed by atoms with van der Waals surface area (Å²) in [7, 11) is 0. The number of nitrogens with one attached hydrogen (secondary N) is 2. The van der Waals surface area contributed by atoms with Crippen LogP contribution in [0.3, 0.4) is 0 Å².